The first-order valence-electron chi connectivity index (χ1n) is 7.60. The lowest BCUT2D eigenvalue weighted by Gasteiger charge is -2.04. The van der Waals surface area contributed by atoms with Gasteiger partial charge in [0, 0.05) is 17.0 Å². The molecule has 1 N–H and O–H groups in total. The van der Waals surface area contributed by atoms with Gasteiger partial charge in [0.1, 0.15) is 5.75 Å². The van der Waals surface area contributed by atoms with Gasteiger partial charge in [0.25, 0.3) is 0 Å². The third-order valence-electron chi connectivity index (χ3n) is 3.49. The molecule has 0 fully saturated rings. The highest BCUT2D eigenvalue weighted by atomic mass is 35.5. The lowest BCUT2D eigenvalue weighted by molar-refractivity contribution is -0.111. The molecule has 0 saturated heterocycles. The maximum atomic E-state index is 12.1. The predicted molar refractivity (Wildman–Crippen MR) is 108 cm³/mol. The van der Waals surface area contributed by atoms with E-state index in [-0.39, 0.29) is 5.91 Å². The summed E-state index contributed by atoms with van der Waals surface area (Å²) in [6, 6.07) is 12.7. The zero-order chi connectivity index (χ0) is 18.5. The maximum absolute atomic E-state index is 12.1. The Balaban J connectivity index is 1.69. The van der Waals surface area contributed by atoms with E-state index in [1.807, 2.05) is 29.6 Å². The zero-order valence-corrected chi connectivity index (χ0v) is 16.0. The van der Waals surface area contributed by atoms with Gasteiger partial charge in [0.2, 0.25) is 5.91 Å². The van der Waals surface area contributed by atoms with Crippen LogP contribution in [0.1, 0.15) is 5.56 Å². The Morgan fingerprint density at radius 3 is 2.77 bits per heavy atom. The van der Waals surface area contributed by atoms with Gasteiger partial charge < -0.3 is 4.74 Å². The summed E-state index contributed by atoms with van der Waals surface area (Å²) in [6.45, 7) is 0. The number of nitrogens with one attached hydrogen (secondary N) is 1. The van der Waals surface area contributed by atoms with E-state index in [2.05, 4.69) is 10.3 Å². The van der Waals surface area contributed by atoms with E-state index in [0.29, 0.717) is 15.2 Å². The predicted octanol–water partition coefficient (Wildman–Crippen LogP) is 5.78. The number of hydrogen-bond acceptors (Lipinski definition) is 4. The molecule has 0 bridgehead atoms. The second kappa shape index (κ2) is 8.36. The minimum absolute atomic E-state index is 0.281. The first kappa shape index (κ1) is 18.5. The molecule has 0 unspecified atom stereocenters. The van der Waals surface area contributed by atoms with E-state index >= 15 is 0 Å². The lowest BCUT2D eigenvalue weighted by Crippen LogP contribution is -2.07. The summed E-state index contributed by atoms with van der Waals surface area (Å²) in [4.78, 5) is 16.5. The van der Waals surface area contributed by atoms with Gasteiger partial charge in [-0.15, -0.1) is 11.3 Å². The smallest absolute Gasteiger partial charge is 0.250 e. The highest BCUT2D eigenvalue weighted by molar-refractivity contribution is 7.14. The average Bonchev–Trinajstić information content (AvgIpc) is 3.11. The number of nitrogens with zero attached hydrogens (tertiary/aromatic N) is 1. The molecule has 1 amide bonds. The zero-order valence-electron chi connectivity index (χ0n) is 13.7. The largest absolute Gasteiger partial charge is 0.496 e. The number of carbonyl (C=O) groups excluding carboxylic acids is 1. The molecule has 7 heteroatoms. The monoisotopic (exact) mass is 404 g/mol. The van der Waals surface area contributed by atoms with Crippen molar-refractivity contribution in [3.05, 3.63) is 69.5 Å². The third kappa shape index (κ3) is 4.43. The molecule has 0 aliphatic carbocycles. The second-order valence-electron chi connectivity index (χ2n) is 5.23. The van der Waals surface area contributed by atoms with Gasteiger partial charge in [0.15, 0.2) is 5.13 Å². The van der Waals surface area contributed by atoms with Crippen molar-refractivity contribution in [2.45, 2.75) is 0 Å². The fourth-order valence-electron chi connectivity index (χ4n) is 2.25. The summed E-state index contributed by atoms with van der Waals surface area (Å²) in [6.07, 6.45) is 3.08. The van der Waals surface area contributed by atoms with Crippen molar-refractivity contribution in [3.63, 3.8) is 0 Å². The van der Waals surface area contributed by atoms with Crippen LogP contribution in [0.2, 0.25) is 10.0 Å². The second-order valence-corrected chi connectivity index (χ2v) is 6.91. The standard InChI is InChI=1S/C19H14Cl2N2O2S/c1-25-17-5-3-2-4-13(17)16-11-26-19(22-16)23-18(24)9-7-12-6-8-14(20)15(21)10-12/h2-11H,1H3,(H,22,23,24)/b9-7+. The third-order valence-corrected chi connectivity index (χ3v) is 4.98. The van der Waals surface area contributed by atoms with Crippen LogP contribution in [-0.2, 0) is 4.79 Å². The van der Waals surface area contributed by atoms with Crippen LogP contribution >= 0.6 is 34.5 Å². The van der Waals surface area contributed by atoms with Crippen LogP contribution in [0.15, 0.2) is 53.9 Å². The summed E-state index contributed by atoms with van der Waals surface area (Å²) in [7, 11) is 1.61. The first-order chi connectivity index (χ1) is 12.6. The van der Waals surface area contributed by atoms with Crippen molar-refractivity contribution in [1.29, 1.82) is 0 Å². The van der Waals surface area contributed by atoms with Crippen molar-refractivity contribution in [2.24, 2.45) is 0 Å². The van der Waals surface area contributed by atoms with Gasteiger partial charge in [-0.2, -0.15) is 0 Å². The van der Waals surface area contributed by atoms with Gasteiger partial charge >= 0.3 is 0 Å². The number of carbonyl (C=O) groups is 1. The van der Waals surface area contributed by atoms with Crippen molar-refractivity contribution >= 4 is 51.7 Å². The van der Waals surface area contributed by atoms with E-state index in [4.69, 9.17) is 27.9 Å². The molecule has 1 heterocycles. The number of para-hydroxylation sites is 1. The van der Waals surface area contributed by atoms with Crippen molar-refractivity contribution in [2.75, 3.05) is 12.4 Å². The minimum atomic E-state index is -0.281. The molecule has 2 aromatic carbocycles. The number of halogens is 2. The van der Waals surface area contributed by atoms with Crippen LogP contribution in [0.5, 0.6) is 5.75 Å². The Labute approximate surface area is 165 Å². The molecule has 26 heavy (non-hydrogen) atoms. The highest BCUT2D eigenvalue weighted by Crippen LogP contribution is 2.31. The molecule has 0 saturated carbocycles. The number of thiazole rings is 1. The van der Waals surface area contributed by atoms with Gasteiger partial charge in [-0.05, 0) is 35.9 Å². The molecule has 0 aliphatic rings. The van der Waals surface area contributed by atoms with Crippen LogP contribution in [0.4, 0.5) is 5.13 Å². The van der Waals surface area contributed by atoms with Crippen LogP contribution in [0, 0.1) is 0 Å². The quantitative estimate of drug-likeness (QED) is 0.548. The first-order valence-corrected chi connectivity index (χ1v) is 9.23. The summed E-state index contributed by atoms with van der Waals surface area (Å²) < 4.78 is 5.34. The number of hydrogen-bond donors (Lipinski definition) is 1. The molecular formula is C19H14Cl2N2O2S. The molecule has 0 aliphatic heterocycles. The Kier molecular flexibility index (Phi) is 5.93. The molecular weight excluding hydrogens is 391 g/mol. The van der Waals surface area contributed by atoms with Crippen molar-refractivity contribution < 1.29 is 9.53 Å². The molecule has 0 atom stereocenters. The number of ether oxygens (including phenoxy) is 1. The summed E-state index contributed by atoms with van der Waals surface area (Å²) in [5.74, 6) is 0.451. The number of aromatic nitrogens is 1. The van der Waals surface area contributed by atoms with Crippen molar-refractivity contribution in [1.82, 2.24) is 4.98 Å². The van der Waals surface area contributed by atoms with Gasteiger partial charge in [-0.25, -0.2) is 4.98 Å². The fourth-order valence-corrected chi connectivity index (χ4v) is 3.27. The number of methoxy groups -OCH3 is 1. The average molecular weight is 405 g/mol. The molecule has 0 radical (unpaired) electrons. The molecule has 3 rings (SSSR count). The van der Waals surface area contributed by atoms with E-state index in [1.54, 1.807) is 31.4 Å². The van der Waals surface area contributed by atoms with Gasteiger partial charge in [-0.1, -0.05) is 41.4 Å². The van der Waals surface area contributed by atoms with Crippen LogP contribution in [0.25, 0.3) is 17.3 Å². The Morgan fingerprint density at radius 2 is 2.00 bits per heavy atom. The molecule has 3 aromatic rings. The van der Waals surface area contributed by atoms with Crippen LogP contribution < -0.4 is 10.1 Å². The Hall–Kier alpha value is -2.34. The Morgan fingerprint density at radius 1 is 1.19 bits per heavy atom. The van der Waals surface area contributed by atoms with E-state index in [1.165, 1.54) is 17.4 Å². The van der Waals surface area contributed by atoms with Gasteiger partial charge in [-0.3, -0.25) is 10.1 Å². The van der Waals surface area contributed by atoms with E-state index in [0.717, 1.165) is 22.6 Å². The van der Waals surface area contributed by atoms with E-state index < -0.39 is 0 Å². The highest BCUT2D eigenvalue weighted by Gasteiger charge is 2.10. The number of anilines is 1. The normalized spacial score (nSPS) is 10.9. The minimum Gasteiger partial charge on any atom is -0.496 e. The molecule has 4 nitrogen and oxygen atoms in total. The topological polar surface area (TPSA) is 51.2 Å². The van der Waals surface area contributed by atoms with Crippen molar-refractivity contribution in [3.8, 4) is 17.0 Å². The number of rotatable bonds is 5. The van der Waals surface area contributed by atoms with E-state index in [9.17, 15) is 4.79 Å². The Bertz CT molecular complexity index is 970. The lowest BCUT2D eigenvalue weighted by atomic mass is 10.1. The fraction of sp³-hybridized carbons (Fsp3) is 0.0526. The molecule has 0 spiro atoms. The SMILES string of the molecule is COc1ccccc1-c1csc(NC(=O)/C=C/c2ccc(Cl)c(Cl)c2)n1. The summed E-state index contributed by atoms with van der Waals surface area (Å²) >= 11 is 13.2. The summed E-state index contributed by atoms with van der Waals surface area (Å²) in [5, 5.41) is 6.04. The number of amides is 1. The van der Waals surface area contributed by atoms with Gasteiger partial charge in [0.05, 0.1) is 22.8 Å². The van der Waals surface area contributed by atoms with Crippen LogP contribution in [-0.4, -0.2) is 18.0 Å². The molecule has 132 valence electrons. The van der Waals surface area contributed by atoms with Crippen LogP contribution in [0.3, 0.4) is 0 Å². The maximum Gasteiger partial charge on any atom is 0.250 e. The molecule has 1 aromatic heterocycles. The number of benzene rings is 2. The summed E-state index contributed by atoms with van der Waals surface area (Å²) in [5.41, 5.74) is 2.40.